The minimum Gasteiger partial charge on any atom is -0.356 e. The summed E-state index contributed by atoms with van der Waals surface area (Å²) < 4.78 is 0. The van der Waals surface area contributed by atoms with Gasteiger partial charge in [0.25, 0.3) is 0 Å². The molecule has 0 aliphatic heterocycles. The summed E-state index contributed by atoms with van der Waals surface area (Å²) in [6.45, 7) is 7.72. The number of fused-ring (bicyclic) bond motifs is 1. The van der Waals surface area contributed by atoms with E-state index < -0.39 is 5.41 Å². The van der Waals surface area contributed by atoms with E-state index in [-0.39, 0.29) is 29.9 Å². The molecule has 0 saturated heterocycles. The number of hydrogen-bond acceptors (Lipinski definition) is 4. The molecule has 6 nitrogen and oxygen atoms in total. The maximum absolute atomic E-state index is 12.1. The van der Waals surface area contributed by atoms with Crippen molar-refractivity contribution in [3.05, 3.63) is 15.6 Å². The molecule has 8 heteroatoms. The van der Waals surface area contributed by atoms with Crippen molar-refractivity contribution < 1.29 is 4.79 Å². The van der Waals surface area contributed by atoms with Gasteiger partial charge in [0.1, 0.15) is 5.01 Å². The molecule has 0 saturated carbocycles. The number of aliphatic imine (C=N–C) groups is 1. The summed E-state index contributed by atoms with van der Waals surface area (Å²) in [6, 6.07) is 0. The van der Waals surface area contributed by atoms with Crippen molar-refractivity contribution in [3.63, 3.8) is 0 Å². The lowest BCUT2D eigenvalue weighted by molar-refractivity contribution is -0.128. The summed E-state index contributed by atoms with van der Waals surface area (Å²) in [7, 11) is 3.78. The average molecular weight is 493 g/mol. The van der Waals surface area contributed by atoms with E-state index >= 15 is 0 Å². The van der Waals surface area contributed by atoms with Gasteiger partial charge in [0.05, 0.1) is 17.7 Å². The minimum absolute atomic E-state index is 0. The van der Waals surface area contributed by atoms with E-state index in [1.54, 1.807) is 7.05 Å². The van der Waals surface area contributed by atoms with Gasteiger partial charge in [0.15, 0.2) is 5.96 Å². The molecule has 1 aromatic heterocycles. The lowest BCUT2D eigenvalue weighted by Crippen LogP contribution is -2.48. The number of hydrogen-bond donors (Lipinski definition) is 2. The first-order chi connectivity index (χ1) is 11.9. The zero-order valence-electron chi connectivity index (χ0n) is 16.5. The van der Waals surface area contributed by atoms with E-state index in [1.807, 2.05) is 39.2 Å². The molecule has 26 heavy (non-hydrogen) atoms. The molecule has 1 aliphatic carbocycles. The Morgan fingerprint density at radius 3 is 2.62 bits per heavy atom. The van der Waals surface area contributed by atoms with Gasteiger partial charge in [-0.15, -0.1) is 35.3 Å². The highest BCUT2D eigenvalue weighted by molar-refractivity contribution is 14.0. The third kappa shape index (κ3) is 6.07. The van der Waals surface area contributed by atoms with Crippen LogP contribution in [-0.2, 0) is 24.2 Å². The van der Waals surface area contributed by atoms with Crippen LogP contribution < -0.4 is 10.6 Å². The largest absolute Gasteiger partial charge is 0.356 e. The van der Waals surface area contributed by atoms with Crippen LogP contribution in [0.25, 0.3) is 0 Å². The number of aromatic nitrogens is 1. The van der Waals surface area contributed by atoms with Gasteiger partial charge >= 0.3 is 0 Å². The second-order valence-corrected chi connectivity index (χ2v) is 8.35. The van der Waals surface area contributed by atoms with Crippen LogP contribution in [0.2, 0.25) is 0 Å². The zero-order chi connectivity index (χ0) is 18.4. The lowest BCUT2D eigenvalue weighted by atomic mass is 9.92. The first-order valence-electron chi connectivity index (χ1n) is 9.05. The first-order valence-corrected chi connectivity index (χ1v) is 9.86. The van der Waals surface area contributed by atoms with E-state index in [0.717, 1.165) is 23.9 Å². The molecule has 1 aromatic rings. The highest BCUT2D eigenvalue weighted by atomic mass is 127. The maximum atomic E-state index is 12.1. The first kappa shape index (κ1) is 23.1. The van der Waals surface area contributed by atoms with Crippen LogP contribution in [-0.4, -0.2) is 48.9 Å². The van der Waals surface area contributed by atoms with E-state index in [1.165, 1.54) is 29.8 Å². The van der Waals surface area contributed by atoms with Crippen LogP contribution in [0, 0.1) is 5.41 Å². The smallest absolute Gasteiger partial charge is 0.227 e. The number of amides is 1. The highest BCUT2D eigenvalue weighted by Crippen LogP contribution is 2.27. The number of carbonyl (C=O) groups excluding carboxylic acids is 1. The molecule has 0 atom stereocenters. The van der Waals surface area contributed by atoms with Crippen LogP contribution >= 0.6 is 35.3 Å². The molecule has 2 N–H and O–H groups in total. The van der Waals surface area contributed by atoms with Crippen molar-refractivity contribution >= 4 is 47.2 Å². The molecule has 0 spiro atoms. The number of halogens is 1. The highest BCUT2D eigenvalue weighted by Gasteiger charge is 2.27. The molecular formula is C18H32IN5OS. The van der Waals surface area contributed by atoms with Gasteiger partial charge < -0.3 is 15.5 Å². The molecular weight excluding hydrogens is 461 g/mol. The Kier molecular flexibility index (Phi) is 9.29. The monoisotopic (exact) mass is 493 g/mol. The molecule has 1 heterocycles. The quantitative estimate of drug-likeness (QED) is 0.364. The van der Waals surface area contributed by atoms with E-state index in [0.29, 0.717) is 13.1 Å². The van der Waals surface area contributed by atoms with Crippen molar-refractivity contribution in [3.8, 4) is 0 Å². The normalized spacial score (nSPS) is 14.3. The molecule has 0 bridgehead atoms. The summed E-state index contributed by atoms with van der Waals surface area (Å²) in [6.07, 6.45) is 4.82. The molecule has 1 aliphatic rings. The number of nitrogens with zero attached hydrogens (tertiary/aromatic N) is 3. The molecule has 0 radical (unpaired) electrons. The fourth-order valence-corrected chi connectivity index (χ4v) is 4.13. The Labute approximate surface area is 178 Å². The Hall–Kier alpha value is -0.900. The van der Waals surface area contributed by atoms with Gasteiger partial charge in [0, 0.05) is 32.1 Å². The number of nitrogens with one attached hydrogen (secondary N) is 2. The van der Waals surface area contributed by atoms with Gasteiger partial charge in [-0.2, -0.15) is 0 Å². The third-order valence-corrected chi connectivity index (χ3v) is 5.62. The van der Waals surface area contributed by atoms with E-state index in [2.05, 4.69) is 20.5 Å². The van der Waals surface area contributed by atoms with E-state index in [4.69, 9.17) is 4.98 Å². The summed E-state index contributed by atoms with van der Waals surface area (Å²) in [5, 5.41) is 7.35. The molecule has 0 aromatic carbocycles. The van der Waals surface area contributed by atoms with Crippen LogP contribution in [0.4, 0.5) is 0 Å². The van der Waals surface area contributed by atoms with Crippen molar-refractivity contribution in [1.82, 2.24) is 20.5 Å². The Bertz CT molecular complexity index is 606. The van der Waals surface area contributed by atoms with Crippen LogP contribution in [0.1, 0.15) is 49.2 Å². The van der Waals surface area contributed by atoms with Crippen molar-refractivity contribution in [2.24, 2.45) is 10.4 Å². The SMILES string of the molecule is CCNC(=O)C(C)(C)CNC(=NC)N(C)Cc1nc2c(s1)CCCC2.I. The molecule has 1 amide bonds. The average Bonchev–Trinajstić information content (AvgIpc) is 2.97. The van der Waals surface area contributed by atoms with Crippen LogP contribution in [0.15, 0.2) is 4.99 Å². The fourth-order valence-electron chi connectivity index (χ4n) is 2.92. The molecule has 0 unspecified atom stereocenters. The topological polar surface area (TPSA) is 69.6 Å². The Morgan fingerprint density at radius 1 is 1.31 bits per heavy atom. The second-order valence-electron chi connectivity index (χ2n) is 7.18. The van der Waals surface area contributed by atoms with Gasteiger partial charge in [-0.05, 0) is 46.5 Å². The van der Waals surface area contributed by atoms with Gasteiger partial charge in [-0.1, -0.05) is 0 Å². The van der Waals surface area contributed by atoms with Gasteiger partial charge in [-0.3, -0.25) is 9.79 Å². The van der Waals surface area contributed by atoms with Crippen molar-refractivity contribution in [1.29, 1.82) is 0 Å². The van der Waals surface area contributed by atoms with Gasteiger partial charge in [0.2, 0.25) is 5.91 Å². The number of rotatable bonds is 6. The standard InChI is InChI=1S/C18H31N5OS.HI/c1-6-20-16(24)18(2,3)12-21-17(19-4)23(5)11-15-22-13-9-7-8-10-14(13)25-15;/h6-12H2,1-5H3,(H,19,21)(H,20,24);1H. The van der Waals surface area contributed by atoms with E-state index in [9.17, 15) is 4.79 Å². The summed E-state index contributed by atoms with van der Waals surface area (Å²) in [4.78, 5) is 24.8. The Balaban J connectivity index is 0.00000338. The molecule has 0 fully saturated rings. The van der Waals surface area contributed by atoms with Crippen LogP contribution in [0.3, 0.4) is 0 Å². The third-order valence-electron chi connectivity index (χ3n) is 4.48. The summed E-state index contributed by atoms with van der Waals surface area (Å²) in [5.41, 5.74) is 0.799. The lowest BCUT2D eigenvalue weighted by Gasteiger charge is -2.27. The number of thiazole rings is 1. The fraction of sp³-hybridized carbons (Fsp3) is 0.722. The zero-order valence-corrected chi connectivity index (χ0v) is 19.7. The number of carbonyl (C=O) groups is 1. The molecule has 2 rings (SSSR count). The summed E-state index contributed by atoms with van der Waals surface area (Å²) >= 11 is 1.83. The van der Waals surface area contributed by atoms with Gasteiger partial charge in [-0.25, -0.2) is 4.98 Å². The van der Waals surface area contributed by atoms with Crippen LogP contribution in [0.5, 0.6) is 0 Å². The Morgan fingerprint density at radius 2 is 2.00 bits per heavy atom. The van der Waals surface area contributed by atoms with Crippen molar-refractivity contribution in [2.75, 3.05) is 27.2 Å². The predicted octanol–water partition coefficient (Wildman–Crippen LogP) is 2.81. The molecule has 148 valence electrons. The predicted molar refractivity (Wildman–Crippen MR) is 119 cm³/mol. The minimum atomic E-state index is -0.493. The maximum Gasteiger partial charge on any atom is 0.227 e. The number of guanidine groups is 1. The number of aryl methyl sites for hydroxylation is 2. The van der Waals surface area contributed by atoms with Crippen molar-refractivity contribution in [2.45, 2.75) is 53.0 Å². The second kappa shape index (κ2) is 10.4. The summed E-state index contributed by atoms with van der Waals surface area (Å²) in [5.74, 6) is 0.832.